The second kappa shape index (κ2) is 6.45. The van der Waals surface area contributed by atoms with Crippen molar-refractivity contribution in [2.45, 2.75) is 20.0 Å². The molecule has 2 amide bonds. The molecule has 8 heteroatoms. The average molecular weight is 303 g/mol. The van der Waals surface area contributed by atoms with Gasteiger partial charge in [-0.1, -0.05) is 0 Å². The summed E-state index contributed by atoms with van der Waals surface area (Å²) in [5, 5.41) is 0. The van der Waals surface area contributed by atoms with Crippen LogP contribution in [0.2, 0.25) is 0 Å². The van der Waals surface area contributed by atoms with E-state index in [9.17, 15) is 22.8 Å². The highest BCUT2D eigenvalue weighted by Gasteiger charge is 2.39. The molecule has 0 bridgehead atoms. The molecule has 112 valence electrons. The molecule has 0 aliphatic rings. The molecule has 0 saturated carbocycles. The first kappa shape index (κ1) is 18.0. The molecule has 4 nitrogen and oxygen atoms in total. The van der Waals surface area contributed by atoms with Gasteiger partial charge < -0.3 is 9.80 Å². The van der Waals surface area contributed by atoms with E-state index in [0.717, 1.165) is 4.90 Å². The van der Waals surface area contributed by atoms with Gasteiger partial charge in [0.05, 0.1) is 5.41 Å². The summed E-state index contributed by atoms with van der Waals surface area (Å²) in [6.45, 7) is 0.787. The first-order valence-electron chi connectivity index (χ1n) is 5.53. The van der Waals surface area contributed by atoms with Crippen LogP contribution in [0.3, 0.4) is 0 Å². The first-order chi connectivity index (χ1) is 8.40. The Morgan fingerprint density at radius 2 is 1.63 bits per heavy atom. The minimum absolute atomic E-state index is 0.129. The maximum atomic E-state index is 12.5. The summed E-state index contributed by atoms with van der Waals surface area (Å²) in [7, 11) is 2.82. The summed E-state index contributed by atoms with van der Waals surface area (Å²) in [5.74, 6) is -1.51. The predicted octanol–water partition coefficient (Wildman–Crippen LogP) is 1.73. The van der Waals surface area contributed by atoms with Gasteiger partial charge in [-0.15, -0.1) is 11.6 Å². The molecule has 0 atom stereocenters. The number of likely N-dealkylation sites (N-methyl/N-ethyl adjacent to an activating group) is 1. The van der Waals surface area contributed by atoms with Crippen molar-refractivity contribution in [2.24, 2.45) is 5.41 Å². The van der Waals surface area contributed by atoms with Crippen LogP contribution in [0.4, 0.5) is 13.2 Å². The Kier molecular flexibility index (Phi) is 6.12. The molecular weight excluding hydrogens is 285 g/mol. The van der Waals surface area contributed by atoms with E-state index >= 15 is 0 Å². The lowest BCUT2D eigenvalue weighted by Crippen LogP contribution is -2.49. The molecule has 0 aromatic heterocycles. The van der Waals surface area contributed by atoms with Crippen LogP contribution in [0.5, 0.6) is 0 Å². The van der Waals surface area contributed by atoms with Gasteiger partial charge in [0.15, 0.2) is 0 Å². The number of carbonyl (C=O) groups is 2. The average Bonchev–Trinajstić information content (AvgIpc) is 2.24. The molecule has 0 radical (unpaired) electrons. The molecule has 0 spiro atoms. The van der Waals surface area contributed by atoms with Gasteiger partial charge in [-0.3, -0.25) is 9.59 Å². The number of nitrogens with zero attached hydrogens (tertiary/aromatic N) is 2. The Morgan fingerprint density at radius 3 is 1.95 bits per heavy atom. The highest BCUT2D eigenvalue weighted by Crippen LogP contribution is 2.24. The molecule has 0 heterocycles. The van der Waals surface area contributed by atoms with Gasteiger partial charge in [-0.2, -0.15) is 13.2 Å². The molecule has 0 fully saturated rings. The van der Waals surface area contributed by atoms with Crippen molar-refractivity contribution in [1.82, 2.24) is 9.80 Å². The van der Waals surface area contributed by atoms with Gasteiger partial charge in [0, 0.05) is 20.0 Å². The van der Waals surface area contributed by atoms with E-state index in [1.165, 1.54) is 27.9 Å². The van der Waals surface area contributed by atoms with E-state index in [-0.39, 0.29) is 5.88 Å². The minimum Gasteiger partial charge on any atom is -0.347 e. The van der Waals surface area contributed by atoms with Crippen LogP contribution in [0.25, 0.3) is 0 Å². The van der Waals surface area contributed by atoms with Gasteiger partial charge in [0.1, 0.15) is 13.1 Å². The monoisotopic (exact) mass is 302 g/mol. The Hall–Kier alpha value is -0.980. The van der Waals surface area contributed by atoms with Crippen LogP contribution < -0.4 is 0 Å². The first-order valence-corrected chi connectivity index (χ1v) is 6.06. The van der Waals surface area contributed by atoms with Crippen LogP contribution in [0.1, 0.15) is 13.8 Å². The number of amides is 2. The topological polar surface area (TPSA) is 40.6 Å². The van der Waals surface area contributed by atoms with Crippen molar-refractivity contribution in [3.05, 3.63) is 0 Å². The predicted molar refractivity (Wildman–Crippen MR) is 65.8 cm³/mol. The summed E-state index contributed by atoms with van der Waals surface area (Å²) < 4.78 is 37.4. The van der Waals surface area contributed by atoms with Gasteiger partial charge in [-0.25, -0.2) is 0 Å². The number of alkyl halides is 4. The van der Waals surface area contributed by atoms with E-state index < -0.39 is 36.5 Å². The van der Waals surface area contributed by atoms with E-state index in [2.05, 4.69) is 0 Å². The zero-order chi connectivity index (χ0) is 15.4. The van der Waals surface area contributed by atoms with E-state index in [1.807, 2.05) is 0 Å². The summed E-state index contributed by atoms with van der Waals surface area (Å²) >= 11 is 5.58. The van der Waals surface area contributed by atoms with E-state index in [0.29, 0.717) is 4.90 Å². The zero-order valence-electron chi connectivity index (χ0n) is 11.3. The van der Waals surface area contributed by atoms with Gasteiger partial charge in [0.2, 0.25) is 11.8 Å². The fourth-order valence-corrected chi connectivity index (χ4v) is 1.32. The van der Waals surface area contributed by atoms with Crippen LogP contribution in [0, 0.1) is 5.41 Å². The van der Waals surface area contributed by atoms with Crippen LogP contribution in [-0.2, 0) is 9.59 Å². The molecular formula is C11H18ClF3N2O2. The lowest BCUT2D eigenvalue weighted by atomic mass is 9.94. The molecule has 0 saturated heterocycles. The number of halogens is 4. The highest BCUT2D eigenvalue weighted by atomic mass is 35.5. The van der Waals surface area contributed by atoms with Crippen molar-refractivity contribution in [3.63, 3.8) is 0 Å². The van der Waals surface area contributed by atoms with Crippen LogP contribution >= 0.6 is 11.6 Å². The third-order valence-electron chi connectivity index (χ3n) is 2.40. The quantitative estimate of drug-likeness (QED) is 0.726. The Bertz CT molecular complexity index is 343. The molecule has 0 N–H and O–H groups in total. The third kappa shape index (κ3) is 6.13. The smallest absolute Gasteiger partial charge is 0.347 e. The van der Waals surface area contributed by atoms with Crippen molar-refractivity contribution < 1.29 is 22.8 Å². The standard InChI is InChI=1S/C11H18ClF3N2O2/c1-10(2,6-12)9(19)17(7-11(13,14)15)5-8(18)16(3)4/h5-7H2,1-4H3. The fraction of sp³-hybridized carbons (Fsp3) is 0.818. The third-order valence-corrected chi connectivity index (χ3v) is 3.06. The van der Waals surface area contributed by atoms with Gasteiger partial charge in [-0.05, 0) is 13.8 Å². The summed E-state index contributed by atoms with van der Waals surface area (Å²) in [6.07, 6.45) is -4.56. The lowest BCUT2D eigenvalue weighted by molar-refractivity contribution is -0.168. The maximum absolute atomic E-state index is 12.5. The van der Waals surface area contributed by atoms with Crippen LogP contribution in [0.15, 0.2) is 0 Å². The molecule has 0 rings (SSSR count). The Morgan fingerprint density at radius 1 is 1.16 bits per heavy atom. The van der Waals surface area contributed by atoms with Gasteiger partial charge in [0.25, 0.3) is 0 Å². The fourth-order valence-electron chi connectivity index (χ4n) is 1.21. The zero-order valence-corrected chi connectivity index (χ0v) is 12.1. The molecule has 0 aliphatic carbocycles. The van der Waals surface area contributed by atoms with Crippen molar-refractivity contribution in [3.8, 4) is 0 Å². The van der Waals surface area contributed by atoms with E-state index in [4.69, 9.17) is 11.6 Å². The maximum Gasteiger partial charge on any atom is 0.406 e. The molecule has 0 aromatic rings. The van der Waals surface area contributed by atoms with Crippen molar-refractivity contribution in [1.29, 1.82) is 0 Å². The number of hydrogen-bond acceptors (Lipinski definition) is 2. The summed E-state index contributed by atoms with van der Waals surface area (Å²) in [5.41, 5.74) is -1.15. The minimum atomic E-state index is -4.56. The second-order valence-electron chi connectivity index (χ2n) is 5.08. The SMILES string of the molecule is CN(C)C(=O)CN(CC(F)(F)F)C(=O)C(C)(C)CCl. The normalized spacial score (nSPS) is 12.2. The highest BCUT2D eigenvalue weighted by molar-refractivity contribution is 6.19. The molecule has 0 aliphatic heterocycles. The molecule has 0 unspecified atom stereocenters. The van der Waals surface area contributed by atoms with Gasteiger partial charge >= 0.3 is 6.18 Å². The lowest BCUT2D eigenvalue weighted by Gasteiger charge is -2.31. The summed E-state index contributed by atoms with van der Waals surface area (Å²) in [6, 6.07) is 0. The number of rotatable bonds is 5. The van der Waals surface area contributed by atoms with Crippen molar-refractivity contribution in [2.75, 3.05) is 33.1 Å². The summed E-state index contributed by atoms with van der Waals surface area (Å²) in [4.78, 5) is 25.1. The Balaban J connectivity index is 5.07. The number of hydrogen-bond donors (Lipinski definition) is 0. The second-order valence-corrected chi connectivity index (χ2v) is 5.35. The largest absolute Gasteiger partial charge is 0.406 e. The molecule has 0 aromatic carbocycles. The molecule has 19 heavy (non-hydrogen) atoms. The van der Waals surface area contributed by atoms with Crippen molar-refractivity contribution >= 4 is 23.4 Å². The van der Waals surface area contributed by atoms with Crippen LogP contribution in [-0.4, -0.2) is 60.9 Å². The Labute approximate surface area is 115 Å². The number of carbonyl (C=O) groups excluding carboxylic acids is 2. The van der Waals surface area contributed by atoms with E-state index in [1.54, 1.807) is 0 Å².